The molecule has 1 aromatic rings. The molecule has 3 rings (SSSR count). The Morgan fingerprint density at radius 2 is 1.87 bits per heavy atom. The predicted molar refractivity (Wildman–Crippen MR) is 94.8 cm³/mol. The maximum absolute atomic E-state index is 5.99. The van der Waals surface area contributed by atoms with Crippen molar-refractivity contribution in [1.82, 2.24) is 0 Å². The van der Waals surface area contributed by atoms with E-state index in [2.05, 4.69) is 16.1 Å². The Hall–Kier alpha value is -1.88. The lowest BCUT2D eigenvalue weighted by molar-refractivity contribution is 0.0568. The minimum Gasteiger partial charge on any atom is -0.399 e. The summed E-state index contributed by atoms with van der Waals surface area (Å²) >= 11 is 0. The van der Waals surface area contributed by atoms with Gasteiger partial charge in [-0.25, -0.2) is 4.99 Å². The Labute approximate surface area is 137 Å². The number of benzene rings is 1. The summed E-state index contributed by atoms with van der Waals surface area (Å²) in [7, 11) is 1.81. The lowest BCUT2D eigenvalue weighted by Gasteiger charge is -2.28. The highest BCUT2D eigenvalue weighted by molar-refractivity contribution is 6.41. The van der Waals surface area contributed by atoms with Crippen LogP contribution in [0.25, 0.3) is 0 Å². The molecule has 1 aromatic carbocycles. The molecule has 1 fully saturated rings. The fourth-order valence-electron chi connectivity index (χ4n) is 3.57. The van der Waals surface area contributed by atoms with E-state index in [-0.39, 0.29) is 6.17 Å². The minimum atomic E-state index is -0.233. The molecular weight excluding hydrogens is 288 g/mol. The number of nitrogens with zero attached hydrogens (tertiary/aromatic N) is 2. The number of anilines is 1. The lowest BCUT2D eigenvalue weighted by Crippen LogP contribution is -2.22. The van der Waals surface area contributed by atoms with Gasteiger partial charge in [0.05, 0.1) is 11.8 Å². The Bertz CT molecular complexity index is 612. The van der Waals surface area contributed by atoms with Gasteiger partial charge in [0.25, 0.3) is 0 Å². The molecule has 1 aliphatic heterocycles. The Morgan fingerprint density at radius 3 is 2.48 bits per heavy atom. The molecule has 1 atom stereocenters. The highest BCUT2D eigenvalue weighted by Gasteiger charge is 2.25. The number of methoxy groups -OCH3 is 1. The fourth-order valence-corrected chi connectivity index (χ4v) is 3.57. The average Bonchev–Trinajstić information content (AvgIpc) is 2.89. The number of hydrogen-bond acceptors (Lipinski definition) is 5. The summed E-state index contributed by atoms with van der Waals surface area (Å²) in [6, 6.07) is 6.10. The third-order valence-corrected chi connectivity index (χ3v) is 5.03. The first-order valence-electron chi connectivity index (χ1n) is 8.36. The van der Waals surface area contributed by atoms with E-state index in [9.17, 15) is 0 Å². The molecule has 1 heterocycles. The smallest absolute Gasteiger partial charge is 0.168 e. The second-order valence-electron chi connectivity index (χ2n) is 6.64. The first-order valence-corrected chi connectivity index (χ1v) is 8.36. The molecule has 0 bridgehead atoms. The van der Waals surface area contributed by atoms with Crippen LogP contribution in [0.2, 0.25) is 0 Å². The van der Waals surface area contributed by atoms with E-state index < -0.39 is 0 Å². The van der Waals surface area contributed by atoms with Crippen LogP contribution in [0.4, 0.5) is 5.69 Å². The van der Waals surface area contributed by atoms with E-state index in [0.717, 1.165) is 36.2 Å². The van der Waals surface area contributed by atoms with Gasteiger partial charge in [0.15, 0.2) is 6.17 Å². The zero-order valence-corrected chi connectivity index (χ0v) is 14.0. The normalized spacial score (nSPS) is 27.7. The molecule has 0 spiro atoms. The number of ether oxygens (including phenoxy) is 1. The number of nitrogens with two attached hydrogens (primary N) is 2. The second kappa shape index (κ2) is 6.71. The van der Waals surface area contributed by atoms with E-state index >= 15 is 0 Å². The molecule has 1 aliphatic carbocycles. The summed E-state index contributed by atoms with van der Waals surface area (Å²) < 4.78 is 5.47. The van der Waals surface area contributed by atoms with Crippen LogP contribution in [0.15, 0.2) is 28.2 Å². The van der Waals surface area contributed by atoms with Crippen molar-refractivity contribution >= 4 is 17.2 Å². The van der Waals surface area contributed by atoms with E-state index in [4.69, 9.17) is 16.2 Å². The Morgan fingerprint density at radius 1 is 1.13 bits per heavy atom. The van der Waals surface area contributed by atoms with Crippen LogP contribution in [0, 0.1) is 5.92 Å². The third-order valence-electron chi connectivity index (χ3n) is 5.03. The summed E-state index contributed by atoms with van der Waals surface area (Å²) in [5.41, 5.74) is 15.8. The van der Waals surface area contributed by atoms with Crippen LogP contribution >= 0.6 is 0 Å². The molecule has 23 heavy (non-hydrogen) atoms. The van der Waals surface area contributed by atoms with Crippen molar-refractivity contribution in [2.75, 3.05) is 12.8 Å². The summed E-state index contributed by atoms with van der Waals surface area (Å²) in [6.45, 7) is 1.90. The SMILES string of the molecule is COC1CCC(Cc2ccc(N)cc2C2N=C(C)C(N)=N2)CC1. The lowest BCUT2D eigenvalue weighted by atomic mass is 9.82. The average molecular weight is 314 g/mol. The van der Waals surface area contributed by atoms with E-state index in [1.54, 1.807) is 0 Å². The van der Waals surface area contributed by atoms with Gasteiger partial charge in [0.1, 0.15) is 5.84 Å². The first kappa shape index (κ1) is 16.0. The van der Waals surface area contributed by atoms with Crippen LogP contribution < -0.4 is 11.5 Å². The van der Waals surface area contributed by atoms with E-state index in [1.807, 2.05) is 26.2 Å². The zero-order valence-electron chi connectivity index (χ0n) is 14.0. The molecule has 0 amide bonds. The van der Waals surface area contributed by atoms with E-state index in [0.29, 0.717) is 17.9 Å². The number of aliphatic imine (C=N–C) groups is 2. The van der Waals surface area contributed by atoms with Crippen molar-refractivity contribution in [2.24, 2.45) is 21.6 Å². The van der Waals surface area contributed by atoms with Crippen LogP contribution in [-0.4, -0.2) is 24.8 Å². The molecule has 0 aromatic heterocycles. The maximum atomic E-state index is 5.99. The summed E-state index contributed by atoms with van der Waals surface area (Å²) in [6.07, 6.45) is 5.97. The van der Waals surface area contributed by atoms with E-state index in [1.165, 1.54) is 18.4 Å². The monoisotopic (exact) mass is 314 g/mol. The molecule has 124 valence electrons. The summed E-state index contributed by atoms with van der Waals surface area (Å²) in [5.74, 6) is 1.22. The van der Waals surface area contributed by atoms with Gasteiger partial charge in [-0.3, -0.25) is 4.99 Å². The van der Waals surface area contributed by atoms with Gasteiger partial charge in [0.2, 0.25) is 0 Å². The maximum Gasteiger partial charge on any atom is 0.168 e. The van der Waals surface area contributed by atoms with Crippen molar-refractivity contribution in [3.63, 3.8) is 0 Å². The molecule has 1 saturated carbocycles. The van der Waals surface area contributed by atoms with Crippen molar-refractivity contribution in [2.45, 2.75) is 51.3 Å². The van der Waals surface area contributed by atoms with Gasteiger partial charge < -0.3 is 16.2 Å². The van der Waals surface area contributed by atoms with Gasteiger partial charge in [0, 0.05) is 18.4 Å². The van der Waals surface area contributed by atoms with Gasteiger partial charge in [-0.05, 0) is 62.6 Å². The standard InChI is InChI=1S/C18H26N4O/c1-11-17(20)22-18(21-11)16-10-14(19)6-5-13(16)9-12-3-7-15(23-2)8-4-12/h5-6,10,12,15,18H,3-4,7-9,19H2,1-2H3,(H2,20,22). The van der Waals surface area contributed by atoms with Crippen LogP contribution in [0.3, 0.4) is 0 Å². The van der Waals surface area contributed by atoms with Crippen molar-refractivity contribution in [1.29, 1.82) is 0 Å². The summed E-state index contributed by atoms with van der Waals surface area (Å²) in [5, 5.41) is 0. The quantitative estimate of drug-likeness (QED) is 0.838. The fraction of sp³-hybridized carbons (Fsp3) is 0.556. The summed E-state index contributed by atoms with van der Waals surface area (Å²) in [4.78, 5) is 9.05. The highest BCUT2D eigenvalue weighted by Crippen LogP contribution is 2.33. The molecule has 0 radical (unpaired) electrons. The molecular formula is C18H26N4O. The number of nitrogen functional groups attached to an aromatic ring is 1. The molecule has 5 nitrogen and oxygen atoms in total. The topological polar surface area (TPSA) is 86.0 Å². The van der Waals surface area contributed by atoms with Gasteiger partial charge in [-0.2, -0.15) is 0 Å². The van der Waals surface area contributed by atoms with Crippen LogP contribution in [-0.2, 0) is 11.2 Å². The Kier molecular flexibility index (Phi) is 4.66. The third kappa shape index (κ3) is 3.55. The number of hydrogen-bond donors (Lipinski definition) is 2. The largest absolute Gasteiger partial charge is 0.399 e. The van der Waals surface area contributed by atoms with Crippen molar-refractivity contribution in [3.8, 4) is 0 Å². The van der Waals surface area contributed by atoms with Crippen LogP contribution in [0.5, 0.6) is 0 Å². The highest BCUT2D eigenvalue weighted by atomic mass is 16.5. The molecule has 1 unspecified atom stereocenters. The van der Waals surface area contributed by atoms with Crippen molar-refractivity contribution < 1.29 is 4.74 Å². The number of rotatable bonds is 4. The zero-order chi connectivity index (χ0) is 16.4. The molecule has 0 saturated heterocycles. The molecule has 2 aliphatic rings. The minimum absolute atomic E-state index is 0.233. The number of amidine groups is 1. The van der Waals surface area contributed by atoms with Crippen molar-refractivity contribution in [3.05, 3.63) is 29.3 Å². The predicted octanol–water partition coefficient (Wildman–Crippen LogP) is 2.85. The van der Waals surface area contributed by atoms with Gasteiger partial charge in [-0.15, -0.1) is 0 Å². The molecule has 5 heteroatoms. The second-order valence-corrected chi connectivity index (χ2v) is 6.64. The van der Waals surface area contributed by atoms with Gasteiger partial charge >= 0.3 is 0 Å². The van der Waals surface area contributed by atoms with Crippen LogP contribution in [0.1, 0.15) is 49.9 Å². The molecule has 4 N–H and O–H groups in total. The first-order chi connectivity index (χ1) is 11.1. The van der Waals surface area contributed by atoms with Gasteiger partial charge in [-0.1, -0.05) is 6.07 Å². The Balaban J connectivity index is 1.78.